The number of ether oxygens (including phenoxy) is 11. The number of ketones is 2. The Kier molecular flexibility index (Phi) is 41.2. The number of hydrogen-bond acceptors (Lipinski definition) is 31. The van der Waals surface area contributed by atoms with Gasteiger partial charge in [0.15, 0.2) is 23.6 Å². The van der Waals surface area contributed by atoms with Gasteiger partial charge in [0.05, 0.1) is 127 Å². The minimum atomic E-state index is -2.46. The molecule has 0 spiro atoms. The second kappa shape index (κ2) is 52.4. The minimum Gasteiger partial charge on any atom is -0.460 e. The fourth-order valence-electron chi connectivity index (χ4n) is 18.8. The molecule has 35 heteroatoms. The maximum Gasteiger partial charge on any atom is 0.329 e. The number of aromatic nitrogens is 5. The number of Topliss-reactive ketones (excluding diaryl/α,β-unsaturated/α-hetero) is 2. The summed E-state index contributed by atoms with van der Waals surface area (Å²) in [5, 5.41) is 60.6. The van der Waals surface area contributed by atoms with E-state index in [4.69, 9.17) is 77.9 Å². The molecule has 5 aliphatic heterocycles. The van der Waals surface area contributed by atoms with Gasteiger partial charge in [-0.25, -0.2) is 19.4 Å². The zero-order chi connectivity index (χ0) is 95.1. The van der Waals surface area contributed by atoms with E-state index < -0.39 is 84.1 Å². The van der Waals surface area contributed by atoms with Crippen molar-refractivity contribution in [1.82, 2.24) is 44.7 Å². The van der Waals surface area contributed by atoms with Crippen molar-refractivity contribution in [3.8, 4) is 11.3 Å². The zero-order valence-electron chi connectivity index (χ0n) is 79.3. The molecule has 35 nitrogen and oxygen atoms in total. The number of cyclic esters (lactones) is 1. The Morgan fingerprint density at radius 2 is 1.44 bits per heavy atom. The molecule has 8 heterocycles. The number of oxime groups is 1. The summed E-state index contributed by atoms with van der Waals surface area (Å²) in [5.41, 5.74) is 20.4. The van der Waals surface area contributed by atoms with Crippen LogP contribution < -0.4 is 16.8 Å². The molecule has 4 fully saturated rings. The van der Waals surface area contributed by atoms with Crippen LogP contribution in [0.2, 0.25) is 0 Å². The van der Waals surface area contributed by atoms with Crippen LogP contribution in [0.25, 0.3) is 33.4 Å². The van der Waals surface area contributed by atoms with Crippen molar-refractivity contribution in [3.05, 3.63) is 107 Å². The topological polar surface area (TPSA) is 450 Å². The summed E-state index contributed by atoms with van der Waals surface area (Å²) in [4.78, 5) is 108. The number of allylic oxidation sites excluding steroid dienone is 5. The third kappa shape index (κ3) is 30.3. The first-order valence-electron chi connectivity index (χ1n) is 47.6. The van der Waals surface area contributed by atoms with Gasteiger partial charge in [0, 0.05) is 116 Å². The maximum absolute atomic E-state index is 14.7. The highest BCUT2D eigenvalue weighted by molar-refractivity contribution is 6.39. The van der Waals surface area contributed by atoms with E-state index in [9.17, 15) is 49.2 Å². The highest BCUT2D eigenvalue weighted by Gasteiger charge is 2.53. The van der Waals surface area contributed by atoms with Crippen molar-refractivity contribution in [1.29, 1.82) is 0 Å². The second-order valence-corrected chi connectivity index (χ2v) is 36.7. The van der Waals surface area contributed by atoms with E-state index >= 15 is 0 Å². The number of carbonyl (C=O) groups is 6. The van der Waals surface area contributed by atoms with Crippen molar-refractivity contribution < 1.29 is 111 Å². The quantitative estimate of drug-likeness (QED) is 0.00641. The first-order chi connectivity index (χ1) is 64.1. The molecule has 11 rings (SSSR count). The van der Waals surface area contributed by atoms with Crippen LogP contribution in [0.4, 0.5) is 11.8 Å². The van der Waals surface area contributed by atoms with Crippen LogP contribution >= 0.6 is 0 Å². The van der Waals surface area contributed by atoms with E-state index in [1.165, 1.54) is 23.9 Å². The Morgan fingerprint density at radius 3 is 2.14 bits per heavy atom. The lowest BCUT2D eigenvalue weighted by Crippen LogP contribution is -2.61. The molecule has 5 aromatic rings. The zero-order valence-corrected chi connectivity index (χ0v) is 79.3. The monoisotopic (exact) mass is 1860 g/mol. The molecule has 3 aromatic heterocycles. The predicted molar refractivity (Wildman–Crippen MR) is 498 cm³/mol. The molecule has 3 saturated heterocycles. The van der Waals surface area contributed by atoms with Crippen LogP contribution in [-0.4, -0.2) is 307 Å². The van der Waals surface area contributed by atoms with E-state index in [1.807, 2.05) is 72.9 Å². The summed E-state index contributed by atoms with van der Waals surface area (Å²) < 4.78 is 71.7. The van der Waals surface area contributed by atoms with E-state index in [0.717, 1.165) is 41.5 Å². The summed E-state index contributed by atoms with van der Waals surface area (Å²) in [6, 6.07) is 10.9. The molecule has 0 unspecified atom stereocenters. The fourth-order valence-corrected chi connectivity index (χ4v) is 18.8. The molecule has 2 bridgehead atoms. The molecular weight excluding hydrogens is 1710 g/mol. The van der Waals surface area contributed by atoms with E-state index in [2.05, 4.69) is 55.4 Å². The normalized spacial score (nSPS) is 28.1. The van der Waals surface area contributed by atoms with Crippen LogP contribution in [0, 0.1) is 35.5 Å². The van der Waals surface area contributed by atoms with Crippen molar-refractivity contribution in [2.75, 3.05) is 151 Å². The number of oxazole rings is 1. The van der Waals surface area contributed by atoms with Gasteiger partial charge in [0.2, 0.25) is 17.6 Å². The minimum absolute atomic E-state index is 0.0253. The maximum atomic E-state index is 14.7. The lowest BCUT2D eigenvalue weighted by molar-refractivity contribution is -0.265. The van der Waals surface area contributed by atoms with Crippen molar-refractivity contribution in [2.45, 2.75) is 244 Å². The number of esters is 1. The highest BCUT2D eigenvalue weighted by atomic mass is 16.6. The Morgan fingerprint density at radius 1 is 0.722 bits per heavy atom. The van der Waals surface area contributed by atoms with Crippen LogP contribution in [-0.2, 0) is 105 Å². The number of nitrogens with two attached hydrogens (primary N) is 2. The molecule has 1 aliphatic carbocycles. The van der Waals surface area contributed by atoms with Gasteiger partial charge in [0.25, 0.3) is 17.7 Å². The lowest BCUT2D eigenvalue weighted by atomic mass is 9.78. The van der Waals surface area contributed by atoms with Crippen LogP contribution in [0.15, 0.2) is 99.9 Å². The SMILES string of the molecule is CO[C@H]1C[C@@H]2CC[C@@H](C)[C@@](O)(O2)C(=O)C(=O)N2CCCC[C@H]2C(=O)O[C@H]([C@H](C)C[C@@H]2CC[C@@H](O)[C@H](OC)C2)C[C@@H](O)[C@H](C)/C=C(\C)[C@@H](O)[C@@H](OC)C(=NOCC(=O)CCCOCCOCCOCCOCCOCCOCCC(=O)NC2CCN(CC(=O)N3CCc4cc(Cn5nc(-c6ccc7oc(N)nc7c6)c6c(N)ncnc65)ccc4C3)CC2)[C@H](C)C[C@H](C)/C=C/C=C/C=C/1C. The molecule has 1 saturated carbocycles. The number of nitrogen functional groups attached to an aromatic ring is 2. The number of nitrogens with one attached hydrogen (secondary N) is 1. The third-order valence-electron chi connectivity index (χ3n) is 26.7. The average molecular weight is 1860 g/mol. The fraction of sp³-hybridized carbons (Fsp3) is 0.663. The number of rotatable bonds is 37. The third-order valence-corrected chi connectivity index (χ3v) is 26.7. The first kappa shape index (κ1) is 105. The van der Waals surface area contributed by atoms with Gasteiger partial charge in [-0.3, -0.25) is 28.9 Å². The number of likely N-dealkylation sites (tertiary alicyclic amines) is 1. The van der Waals surface area contributed by atoms with Crippen molar-refractivity contribution in [2.24, 2.45) is 40.7 Å². The van der Waals surface area contributed by atoms with Gasteiger partial charge >= 0.3 is 5.97 Å². The molecule has 734 valence electrons. The van der Waals surface area contributed by atoms with Crippen molar-refractivity contribution in [3.63, 3.8) is 0 Å². The summed E-state index contributed by atoms with van der Waals surface area (Å²) in [6.45, 7) is 20.4. The molecule has 16 atom stereocenters. The molecule has 2 aromatic carbocycles. The number of fused-ring (bicyclic) bond motifs is 6. The van der Waals surface area contributed by atoms with Crippen LogP contribution in [0.3, 0.4) is 0 Å². The molecular formula is C98H144N12O23. The van der Waals surface area contributed by atoms with Gasteiger partial charge < -0.3 is 108 Å². The lowest BCUT2D eigenvalue weighted by Gasteiger charge is -2.43. The number of nitrogens with zero attached hydrogens (tertiary/aromatic N) is 9. The molecule has 3 amide bonds. The Bertz CT molecular complexity index is 4740. The summed E-state index contributed by atoms with van der Waals surface area (Å²) in [5.74, 6) is -7.19. The summed E-state index contributed by atoms with van der Waals surface area (Å²) >= 11 is 0. The second-order valence-electron chi connectivity index (χ2n) is 36.7. The molecule has 6 aliphatic rings. The standard InChI is InChI=1S/C98H144N12O23/c1-62-17-12-11-13-18-63(2)82(121-8)55-76-26-21-68(7)98(120,133-76)92(117)95(118)109-33-15-14-20-78(109)96(119)131-83(65(4)51-69-23-27-79(112)84(53-69)122-9)56-80(113)64(3)50-67(6)90(116)91(123-10)88(66(5)49-62)106-130-60-75(111)19-16-37-124-39-41-126-43-45-128-47-48-129-46-44-127-42-40-125-38-32-85(114)103-74-30-34-107(35-31-74)59-86(115)108-36-29-71-52-70(22-24-73(71)58-108)57-110-94-87(93(99)101-61-102-94)89(105-110)72-25-28-81-77(54-72)104-97(100)132-81/h11-13,17-18,22,24-25,28,50,52,54,61-62,64-66,68-69,74,76,78-80,82-84,90-91,112-113,116,120H,14-16,19-21,23,26-27,29-49,51,53,55-60H2,1-10H3,(H2,100,104)(H,103,114)(H2,99,101,102)/b13-11+,17-12+,63-18+,67-50+,106-88?/t62-,64-,65-,66-,68-,69+,76+,78+,79-,80-,82+,83+,84-,90-,91+,98-/m1/s1. The van der Waals surface area contributed by atoms with Gasteiger partial charge in [0.1, 0.15) is 47.7 Å². The Hall–Kier alpha value is -8.89. The number of piperidine rings is 2. The number of methoxy groups -OCH3 is 3. The number of aliphatic hydroxyl groups is 4. The van der Waals surface area contributed by atoms with E-state index in [1.54, 1.807) is 47.1 Å². The Balaban J connectivity index is 0.543. The number of anilines is 2. The average Bonchev–Trinajstić information content (AvgIpc) is 1.46. The number of aliphatic hydroxyl groups excluding tert-OH is 3. The van der Waals surface area contributed by atoms with Gasteiger partial charge in [-0.2, -0.15) is 10.1 Å². The summed E-state index contributed by atoms with van der Waals surface area (Å²) in [6.07, 6.45) is 14.9. The molecule has 9 N–H and O–H groups in total. The Labute approximate surface area is 780 Å². The van der Waals surface area contributed by atoms with Crippen LogP contribution in [0.5, 0.6) is 0 Å². The highest BCUT2D eigenvalue weighted by Crippen LogP contribution is 2.40. The smallest absolute Gasteiger partial charge is 0.329 e. The molecule has 133 heavy (non-hydrogen) atoms. The van der Waals surface area contributed by atoms with Gasteiger partial charge in [-0.05, 0) is 168 Å². The number of carbonyl (C=O) groups excluding carboxylic acids is 6. The molecule has 0 radical (unpaired) electrons. The van der Waals surface area contributed by atoms with Gasteiger partial charge in [-0.1, -0.05) is 94.4 Å². The summed E-state index contributed by atoms with van der Waals surface area (Å²) in [7, 11) is 4.61. The first-order valence-corrected chi connectivity index (χ1v) is 47.6. The van der Waals surface area contributed by atoms with E-state index in [0.29, 0.717) is 221 Å². The van der Waals surface area contributed by atoms with E-state index in [-0.39, 0.29) is 111 Å². The largest absolute Gasteiger partial charge is 0.460 e. The predicted octanol–water partition coefficient (Wildman–Crippen LogP) is 8.94. The number of benzene rings is 2. The van der Waals surface area contributed by atoms with Crippen molar-refractivity contribution >= 4 is 74.9 Å². The number of amides is 3. The van der Waals surface area contributed by atoms with Crippen LogP contribution in [0.1, 0.15) is 174 Å². The number of hydrogen-bond donors (Lipinski definition) is 7. The van der Waals surface area contributed by atoms with Gasteiger partial charge in [-0.15, -0.1) is 0 Å².